The maximum absolute atomic E-state index is 12.3. The third kappa shape index (κ3) is 7.91. The summed E-state index contributed by atoms with van der Waals surface area (Å²) in [5.41, 5.74) is 1.97. The van der Waals surface area contributed by atoms with Gasteiger partial charge < -0.3 is 20.7 Å². The van der Waals surface area contributed by atoms with E-state index in [-0.39, 0.29) is 41.5 Å². The zero-order chi connectivity index (χ0) is 21.4. The largest absolute Gasteiger partial charge is 0.368 e. The van der Waals surface area contributed by atoms with Crippen molar-refractivity contribution in [1.82, 2.24) is 15.5 Å². The van der Waals surface area contributed by atoms with Gasteiger partial charge in [-0.3, -0.25) is 14.7 Å². The number of halogens is 1. The number of carbonyl (C=O) groups excluding carboxylic acids is 1. The third-order valence-corrected chi connectivity index (χ3v) is 6.00. The molecule has 31 heavy (non-hydrogen) atoms. The first kappa shape index (κ1) is 25.9. The molecule has 0 saturated carbocycles. The van der Waals surface area contributed by atoms with E-state index >= 15 is 0 Å². The van der Waals surface area contributed by atoms with Crippen LogP contribution in [0.5, 0.6) is 0 Å². The summed E-state index contributed by atoms with van der Waals surface area (Å²) in [5.74, 6) is 0.726. The van der Waals surface area contributed by atoms with Crippen molar-refractivity contribution in [1.29, 1.82) is 0 Å². The van der Waals surface area contributed by atoms with Gasteiger partial charge in [-0.05, 0) is 70.3 Å². The number of ether oxygens (including phenoxy) is 1. The summed E-state index contributed by atoms with van der Waals surface area (Å²) in [7, 11) is 1.79. The molecule has 2 aliphatic rings. The van der Waals surface area contributed by atoms with Crippen molar-refractivity contribution in [2.24, 2.45) is 4.99 Å². The minimum atomic E-state index is -0.321. The molecule has 1 atom stereocenters. The van der Waals surface area contributed by atoms with Gasteiger partial charge in [-0.1, -0.05) is 18.6 Å². The molecular formula is C23H38IN5O2. The second-order valence-corrected chi connectivity index (χ2v) is 8.83. The lowest BCUT2D eigenvalue weighted by Crippen LogP contribution is -2.54. The first-order chi connectivity index (χ1) is 14.5. The van der Waals surface area contributed by atoms with Crippen molar-refractivity contribution in [3.8, 4) is 0 Å². The fourth-order valence-electron chi connectivity index (χ4n) is 4.08. The molecule has 0 aliphatic carbocycles. The summed E-state index contributed by atoms with van der Waals surface area (Å²) in [6.07, 6.45) is 5.34. The van der Waals surface area contributed by atoms with Crippen LogP contribution in [0.15, 0.2) is 29.3 Å². The minimum Gasteiger partial charge on any atom is -0.368 e. The number of likely N-dealkylation sites (tertiary alicyclic amines) is 1. The van der Waals surface area contributed by atoms with Crippen LogP contribution < -0.4 is 16.0 Å². The molecule has 1 unspecified atom stereocenters. The molecule has 0 spiro atoms. The van der Waals surface area contributed by atoms with Crippen LogP contribution in [-0.2, 0) is 16.1 Å². The lowest BCUT2D eigenvalue weighted by atomic mass is 9.98. The number of rotatable bonds is 7. The molecule has 1 aromatic rings. The Bertz CT molecular complexity index is 728. The van der Waals surface area contributed by atoms with Gasteiger partial charge in [0, 0.05) is 38.0 Å². The molecule has 2 fully saturated rings. The molecule has 7 nitrogen and oxygen atoms in total. The van der Waals surface area contributed by atoms with E-state index in [1.54, 1.807) is 7.05 Å². The summed E-state index contributed by atoms with van der Waals surface area (Å²) < 4.78 is 5.46. The number of anilines is 1. The van der Waals surface area contributed by atoms with Crippen LogP contribution in [0, 0.1) is 0 Å². The number of guanidine groups is 1. The SMILES string of the molecule is CN=C(NCc1cccc(NC(=O)C2CCCO2)c1)NCC(C)(C)N1CCCCC1.I. The number of benzene rings is 1. The van der Waals surface area contributed by atoms with E-state index in [4.69, 9.17) is 4.74 Å². The molecular weight excluding hydrogens is 505 g/mol. The van der Waals surface area contributed by atoms with Crippen molar-refractivity contribution in [2.45, 2.75) is 64.1 Å². The average molecular weight is 543 g/mol. The van der Waals surface area contributed by atoms with E-state index in [1.807, 2.05) is 24.3 Å². The van der Waals surface area contributed by atoms with Crippen molar-refractivity contribution in [3.63, 3.8) is 0 Å². The fraction of sp³-hybridized carbons (Fsp3) is 0.652. The quantitative estimate of drug-likeness (QED) is 0.280. The molecule has 3 rings (SSSR count). The Balaban J connectivity index is 0.00000341. The highest BCUT2D eigenvalue weighted by Crippen LogP contribution is 2.20. The predicted octanol–water partition coefficient (Wildman–Crippen LogP) is 3.35. The number of piperidine rings is 1. The molecule has 2 aliphatic heterocycles. The molecule has 1 aromatic carbocycles. The second kappa shape index (κ2) is 12.6. The number of hydrogen-bond donors (Lipinski definition) is 3. The lowest BCUT2D eigenvalue weighted by molar-refractivity contribution is -0.124. The van der Waals surface area contributed by atoms with Gasteiger partial charge in [-0.25, -0.2) is 0 Å². The molecule has 0 bridgehead atoms. The van der Waals surface area contributed by atoms with Gasteiger partial charge >= 0.3 is 0 Å². The number of amides is 1. The highest BCUT2D eigenvalue weighted by Gasteiger charge is 2.28. The molecule has 1 amide bonds. The Morgan fingerprint density at radius 3 is 2.65 bits per heavy atom. The van der Waals surface area contributed by atoms with Gasteiger partial charge in [0.15, 0.2) is 5.96 Å². The smallest absolute Gasteiger partial charge is 0.253 e. The monoisotopic (exact) mass is 543 g/mol. The van der Waals surface area contributed by atoms with Gasteiger partial charge in [-0.15, -0.1) is 24.0 Å². The zero-order valence-electron chi connectivity index (χ0n) is 19.1. The molecule has 8 heteroatoms. The maximum atomic E-state index is 12.3. The zero-order valence-corrected chi connectivity index (χ0v) is 21.4. The highest BCUT2D eigenvalue weighted by molar-refractivity contribution is 14.0. The lowest BCUT2D eigenvalue weighted by Gasteiger charge is -2.41. The molecule has 0 radical (unpaired) electrons. The normalized spacial score (nSPS) is 20.1. The van der Waals surface area contributed by atoms with Gasteiger partial charge in [0.25, 0.3) is 5.91 Å². The molecule has 2 saturated heterocycles. The van der Waals surface area contributed by atoms with Crippen LogP contribution in [0.3, 0.4) is 0 Å². The van der Waals surface area contributed by atoms with E-state index < -0.39 is 0 Å². The first-order valence-electron chi connectivity index (χ1n) is 11.2. The summed E-state index contributed by atoms with van der Waals surface area (Å²) in [6.45, 7) is 9.06. The van der Waals surface area contributed by atoms with E-state index in [9.17, 15) is 4.79 Å². The second-order valence-electron chi connectivity index (χ2n) is 8.83. The Morgan fingerprint density at radius 1 is 1.19 bits per heavy atom. The Morgan fingerprint density at radius 2 is 1.97 bits per heavy atom. The minimum absolute atomic E-state index is 0. The molecule has 0 aromatic heterocycles. The summed E-state index contributed by atoms with van der Waals surface area (Å²) in [6, 6.07) is 7.90. The van der Waals surface area contributed by atoms with Crippen molar-refractivity contribution in [2.75, 3.05) is 38.6 Å². The van der Waals surface area contributed by atoms with E-state index in [0.29, 0.717) is 13.2 Å². The maximum Gasteiger partial charge on any atom is 0.253 e. The number of hydrogen-bond acceptors (Lipinski definition) is 4. The van der Waals surface area contributed by atoms with Gasteiger partial charge in [0.1, 0.15) is 6.10 Å². The van der Waals surface area contributed by atoms with Crippen LogP contribution in [0.1, 0.15) is 51.5 Å². The van der Waals surface area contributed by atoms with E-state index in [1.165, 1.54) is 32.4 Å². The Labute approximate surface area is 203 Å². The van der Waals surface area contributed by atoms with Crippen LogP contribution in [0.2, 0.25) is 0 Å². The van der Waals surface area contributed by atoms with Crippen molar-refractivity contribution < 1.29 is 9.53 Å². The number of aliphatic imine (C=N–C) groups is 1. The van der Waals surface area contributed by atoms with Crippen LogP contribution in [0.4, 0.5) is 5.69 Å². The first-order valence-corrected chi connectivity index (χ1v) is 11.2. The van der Waals surface area contributed by atoms with Crippen LogP contribution in [-0.4, -0.2) is 61.7 Å². The number of carbonyl (C=O) groups is 1. The standard InChI is InChI=1S/C23H37N5O2.HI/c1-23(2,28-12-5-4-6-13-28)17-26-22(24-3)25-16-18-9-7-10-19(15-18)27-21(29)20-11-8-14-30-20;/h7,9-10,15,20H,4-6,8,11-14,16-17H2,1-3H3,(H,27,29)(H2,24,25,26);1H. The topological polar surface area (TPSA) is 78.0 Å². The average Bonchev–Trinajstić information content (AvgIpc) is 3.30. The molecule has 174 valence electrons. The Kier molecular flexibility index (Phi) is 10.5. The molecule has 2 heterocycles. The summed E-state index contributed by atoms with van der Waals surface area (Å²) in [5, 5.41) is 9.82. The number of nitrogens with zero attached hydrogens (tertiary/aromatic N) is 2. The van der Waals surface area contributed by atoms with E-state index in [2.05, 4.69) is 39.7 Å². The van der Waals surface area contributed by atoms with Crippen molar-refractivity contribution >= 4 is 41.5 Å². The fourth-order valence-corrected chi connectivity index (χ4v) is 4.08. The van der Waals surface area contributed by atoms with Crippen LogP contribution in [0.25, 0.3) is 0 Å². The van der Waals surface area contributed by atoms with Gasteiger partial charge in [-0.2, -0.15) is 0 Å². The van der Waals surface area contributed by atoms with Gasteiger partial charge in [0.2, 0.25) is 0 Å². The summed E-state index contributed by atoms with van der Waals surface area (Å²) in [4.78, 5) is 19.2. The Hall–Kier alpha value is -1.39. The highest BCUT2D eigenvalue weighted by atomic mass is 127. The van der Waals surface area contributed by atoms with Crippen LogP contribution >= 0.6 is 24.0 Å². The predicted molar refractivity (Wildman–Crippen MR) is 137 cm³/mol. The molecule has 3 N–H and O–H groups in total. The van der Waals surface area contributed by atoms with Gasteiger partial charge in [0.05, 0.1) is 0 Å². The van der Waals surface area contributed by atoms with Crippen molar-refractivity contribution in [3.05, 3.63) is 29.8 Å². The third-order valence-electron chi connectivity index (χ3n) is 6.00. The number of nitrogens with one attached hydrogen (secondary N) is 3. The summed E-state index contributed by atoms with van der Waals surface area (Å²) >= 11 is 0. The van der Waals surface area contributed by atoms with E-state index in [0.717, 1.165) is 36.6 Å².